The molecule has 0 N–H and O–H groups in total. The van der Waals surface area contributed by atoms with Gasteiger partial charge < -0.3 is 4.57 Å². The van der Waals surface area contributed by atoms with Crippen molar-refractivity contribution >= 4 is 16.7 Å². The Labute approximate surface area is 149 Å². The minimum atomic E-state index is 0.162. The molecule has 0 aliphatic carbocycles. The van der Waals surface area contributed by atoms with Gasteiger partial charge in [0.15, 0.2) is 5.78 Å². The van der Waals surface area contributed by atoms with Gasteiger partial charge >= 0.3 is 0 Å². The molecule has 0 fully saturated rings. The van der Waals surface area contributed by atoms with E-state index in [9.17, 15) is 4.79 Å². The second kappa shape index (κ2) is 7.22. The highest BCUT2D eigenvalue weighted by Crippen LogP contribution is 2.29. The summed E-state index contributed by atoms with van der Waals surface area (Å²) in [5, 5.41) is 1.10. The molecule has 0 saturated carbocycles. The minimum Gasteiger partial charge on any atom is -0.344 e. The van der Waals surface area contributed by atoms with Crippen molar-refractivity contribution in [3.63, 3.8) is 0 Å². The Morgan fingerprint density at radius 3 is 2.56 bits per heavy atom. The second-order valence-electron chi connectivity index (χ2n) is 6.86. The summed E-state index contributed by atoms with van der Waals surface area (Å²) in [5.74, 6) is 0.162. The summed E-state index contributed by atoms with van der Waals surface area (Å²) < 4.78 is 2.34. The third kappa shape index (κ3) is 3.51. The van der Waals surface area contributed by atoms with Crippen LogP contribution in [0.1, 0.15) is 53.1 Å². The molecule has 0 amide bonds. The number of carbonyl (C=O) groups is 1. The monoisotopic (exact) mass is 334 g/mol. The van der Waals surface area contributed by atoms with Crippen molar-refractivity contribution < 1.29 is 4.79 Å². The largest absolute Gasteiger partial charge is 0.344 e. The van der Waals surface area contributed by atoms with Crippen LogP contribution in [0.25, 0.3) is 10.9 Å². The van der Waals surface area contributed by atoms with E-state index < -0.39 is 0 Å². The van der Waals surface area contributed by atoms with Crippen molar-refractivity contribution in [2.45, 2.75) is 53.5 Å². The number of ketones is 1. The van der Waals surface area contributed by atoms with Crippen LogP contribution >= 0.6 is 0 Å². The van der Waals surface area contributed by atoms with Gasteiger partial charge in [0, 0.05) is 40.6 Å². The van der Waals surface area contributed by atoms with E-state index in [-0.39, 0.29) is 5.78 Å². The van der Waals surface area contributed by atoms with Crippen LogP contribution in [0.4, 0.5) is 0 Å². The highest BCUT2D eigenvalue weighted by molar-refractivity contribution is 6.08. The van der Waals surface area contributed by atoms with Gasteiger partial charge in [-0.05, 0) is 57.4 Å². The van der Waals surface area contributed by atoms with Crippen molar-refractivity contribution in [2.24, 2.45) is 0 Å². The lowest BCUT2D eigenvalue weighted by atomic mass is 10.0. The van der Waals surface area contributed by atoms with Crippen molar-refractivity contribution in [1.29, 1.82) is 0 Å². The molecule has 0 bridgehead atoms. The molecule has 2 heterocycles. The number of hydrogen-bond donors (Lipinski definition) is 0. The molecule has 0 atom stereocenters. The molecule has 25 heavy (non-hydrogen) atoms. The number of nitrogens with zero attached hydrogens (tertiary/aromatic N) is 2. The van der Waals surface area contributed by atoms with Gasteiger partial charge in [0.25, 0.3) is 0 Å². The molecule has 0 radical (unpaired) electrons. The molecule has 3 aromatic rings. The third-order valence-corrected chi connectivity index (χ3v) is 4.76. The number of aryl methyl sites for hydroxylation is 4. The Bertz CT molecular complexity index is 904. The lowest BCUT2D eigenvalue weighted by Crippen LogP contribution is -2.08. The SMILES string of the molecule is CCCc1c(C(C)=O)c2cc(C)ccc2n1CCc1ccc(C)nc1. The Kier molecular flexibility index (Phi) is 5.03. The molecular formula is C22H26N2O. The number of aromatic nitrogens is 2. The maximum absolute atomic E-state index is 12.4. The van der Waals surface area contributed by atoms with Gasteiger partial charge in [-0.2, -0.15) is 0 Å². The van der Waals surface area contributed by atoms with Crippen molar-refractivity contribution in [3.8, 4) is 0 Å². The zero-order valence-electron chi connectivity index (χ0n) is 15.6. The standard InChI is InChI=1S/C22H26N2O/c1-5-6-21-22(17(4)25)19-13-15(2)7-10-20(19)24(21)12-11-18-9-8-16(3)23-14-18/h7-10,13-14H,5-6,11-12H2,1-4H3. The predicted molar refractivity (Wildman–Crippen MR) is 103 cm³/mol. The molecule has 0 unspecified atom stereocenters. The fraction of sp³-hybridized carbons (Fsp3) is 0.364. The molecule has 3 nitrogen and oxygen atoms in total. The van der Waals surface area contributed by atoms with E-state index >= 15 is 0 Å². The summed E-state index contributed by atoms with van der Waals surface area (Å²) >= 11 is 0. The summed E-state index contributed by atoms with van der Waals surface area (Å²) in [5.41, 5.74) is 6.71. The molecule has 1 aromatic carbocycles. The van der Waals surface area contributed by atoms with E-state index in [4.69, 9.17) is 0 Å². The number of benzene rings is 1. The molecule has 0 aliphatic rings. The molecule has 130 valence electrons. The van der Waals surface area contributed by atoms with Gasteiger partial charge in [-0.1, -0.05) is 31.0 Å². The Hall–Kier alpha value is -2.42. The molecule has 0 aliphatic heterocycles. The summed E-state index contributed by atoms with van der Waals surface area (Å²) in [4.78, 5) is 16.8. The van der Waals surface area contributed by atoms with Crippen LogP contribution in [-0.2, 0) is 19.4 Å². The first-order chi connectivity index (χ1) is 12.0. The molecule has 0 saturated heterocycles. The maximum atomic E-state index is 12.4. The Morgan fingerprint density at radius 2 is 1.92 bits per heavy atom. The fourth-order valence-corrected chi connectivity index (χ4v) is 3.55. The van der Waals surface area contributed by atoms with Gasteiger partial charge in [-0.15, -0.1) is 0 Å². The molecule has 0 spiro atoms. The van der Waals surface area contributed by atoms with E-state index in [0.29, 0.717) is 0 Å². The molecule has 3 heteroatoms. The third-order valence-electron chi connectivity index (χ3n) is 4.76. The number of Topliss-reactive ketones (excluding diaryl/α,β-unsaturated/α-hetero) is 1. The van der Waals surface area contributed by atoms with Crippen LogP contribution < -0.4 is 0 Å². The summed E-state index contributed by atoms with van der Waals surface area (Å²) in [6.07, 6.45) is 4.83. The highest BCUT2D eigenvalue weighted by Gasteiger charge is 2.19. The van der Waals surface area contributed by atoms with Crippen LogP contribution in [0.15, 0.2) is 36.5 Å². The fourth-order valence-electron chi connectivity index (χ4n) is 3.55. The normalized spacial score (nSPS) is 11.2. The molecular weight excluding hydrogens is 308 g/mol. The molecule has 3 rings (SSSR count). The highest BCUT2D eigenvalue weighted by atomic mass is 16.1. The van der Waals surface area contributed by atoms with E-state index in [1.807, 2.05) is 13.1 Å². The average Bonchev–Trinajstić information content (AvgIpc) is 2.87. The zero-order valence-corrected chi connectivity index (χ0v) is 15.6. The molecule has 2 aromatic heterocycles. The van der Waals surface area contributed by atoms with E-state index in [1.54, 1.807) is 6.92 Å². The average molecular weight is 334 g/mol. The van der Waals surface area contributed by atoms with Gasteiger partial charge in [0.1, 0.15) is 0 Å². The van der Waals surface area contributed by atoms with Gasteiger partial charge in [-0.3, -0.25) is 9.78 Å². The number of rotatable bonds is 6. The number of pyridine rings is 1. The second-order valence-corrected chi connectivity index (χ2v) is 6.86. The first kappa shape index (κ1) is 17.4. The Balaban J connectivity index is 2.07. The lowest BCUT2D eigenvalue weighted by Gasteiger charge is -2.11. The predicted octanol–water partition coefficient (Wildman–Crippen LogP) is 5.05. The first-order valence-electron chi connectivity index (χ1n) is 9.05. The first-order valence-corrected chi connectivity index (χ1v) is 9.05. The number of hydrogen-bond acceptors (Lipinski definition) is 2. The summed E-state index contributed by atoms with van der Waals surface area (Å²) in [6.45, 7) is 8.81. The van der Waals surface area contributed by atoms with Gasteiger partial charge in [0.05, 0.1) is 0 Å². The number of fused-ring (bicyclic) bond motifs is 1. The topological polar surface area (TPSA) is 34.9 Å². The summed E-state index contributed by atoms with van der Waals surface area (Å²) in [6, 6.07) is 10.6. The quantitative estimate of drug-likeness (QED) is 0.591. The van der Waals surface area contributed by atoms with E-state index in [2.05, 4.69) is 53.7 Å². The van der Waals surface area contributed by atoms with Crippen LogP contribution in [-0.4, -0.2) is 15.3 Å². The van der Waals surface area contributed by atoms with Gasteiger partial charge in [-0.25, -0.2) is 0 Å². The smallest absolute Gasteiger partial charge is 0.162 e. The van der Waals surface area contributed by atoms with Crippen molar-refractivity contribution in [3.05, 3.63) is 64.6 Å². The lowest BCUT2D eigenvalue weighted by molar-refractivity contribution is 0.101. The van der Waals surface area contributed by atoms with Gasteiger partial charge in [0.2, 0.25) is 0 Å². The summed E-state index contributed by atoms with van der Waals surface area (Å²) in [7, 11) is 0. The number of carbonyl (C=O) groups excluding carboxylic acids is 1. The van der Waals surface area contributed by atoms with Crippen LogP contribution in [0.3, 0.4) is 0 Å². The van der Waals surface area contributed by atoms with E-state index in [0.717, 1.165) is 42.5 Å². The van der Waals surface area contributed by atoms with E-state index in [1.165, 1.54) is 22.3 Å². The van der Waals surface area contributed by atoms with Crippen molar-refractivity contribution in [1.82, 2.24) is 9.55 Å². The zero-order chi connectivity index (χ0) is 18.0. The van der Waals surface area contributed by atoms with Crippen LogP contribution in [0, 0.1) is 13.8 Å². The van der Waals surface area contributed by atoms with Crippen LogP contribution in [0.5, 0.6) is 0 Å². The van der Waals surface area contributed by atoms with Crippen molar-refractivity contribution in [2.75, 3.05) is 0 Å². The Morgan fingerprint density at radius 1 is 1.12 bits per heavy atom. The minimum absolute atomic E-state index is 0.162. The van der Waals surface area contributed by atoms with Crippen LogP contribution in [0.2, 0.25) is 0 Å². The maximum Gasteiger partial charge on any atom is 0.162 e.